The Morgan fingerprint density at radius 2 is 2.11 bits per heavy atom. The van der Waals surface area contributed by atoms with Crippen LogP contribution in [0.25, 0.3) is 0 Å². The van der Waals surface area contributed by atoms with Gasteiger partial charge in [0.25, 0.3) is 0 Å². The molecule has 1 N–H and O–H groups in total. The van der Waals surface area contributed by atoms with Crippen molar-refractivity contribution >= 4 is 0 Å². The fourth-order valence-electron chi connectivity index (χ4n) is 3.56. The third-order valence-electron chi connectivity index (χ3n) is 4.77. The van der Waals surface area contributed by atoms with Gasteiger partial charge in [-0.2, -0.15) is 5.10 Å². The number of hydrogen-bond acceptors (Lipinski definition) is 2. The zero-order valence-corrected chi connectivity index (χ0v) is 12.8. The summed E-state index contributed by atoms with van der Waals surface area (Å²) in [6.45, 7) is 5.79. The number of rotatable bonds is 6. The Kier molecular flexibility index (Phi) is 5.03. The van der Waals surface area contributed by atoms with E-state index in [0.717, 1.165) is 13.0 Å². The van der Waals surface area contributed by atoms with Crippen molar-refractivity contribution in [2.45, 2.75) is 64.8 Å². The molecule has 0 saturated heterocycles. The monoisotopic (exact) mass is 263 g/mol. The lowest BCUT2D eigenvalue weighted by Gasteiger charge is -2.41. The third kappa shape index (κ3) is 3.82. The number of hydrogen-bond donors (Lipinski definition) is 1. The molecule has 1 aliphatic carbocycles. The first kappa shape index (κ1) is 14.6. The summed E-state index contributed by atoms with van der Waals surface area (Å²) in [6, 6.07) is 0.651. The van der Waals surface area contributed by atoms with Crippen LogP contribution in [0.2, 0.25) is 0 Å². The first-order chi connectivity index (χ1) is 9.14. The van der Waals surface area contributed by atoms with Crippen molar-refractivity contribution in [1.82, 2.24) is 15.1 Å². The average Bonchev–Trinajstić information content (AvgIpc) is 2.81. The largest absolute Gasteiger partial charge is 0.314 e. The summed E-state index contributed by atoms with van der Waals surface area (Å²) in [5, 5.41) is 8.01. The van der Waals surface area contributed by atoms with E-state index in [-0.39, 0.29) is 0 Å². The Bertz CT molecular complexity index is 377. The van der Waals surface area contributed by atoms with Crippen molar-refractivity contribution in [1.29, 1.82) is 0 Å². The smallest absolute Gasteiger partial charge is 0.0521 e. The topological polar surface area (TPSA) is 29.9 Å². The summed E-state index contributed by atoms with van der Waals surface area (Å²) in [5.41, 5.74) is 1.86. The Morgan fingerprint density at radius 3 is 2.68 bits per heavy atom. The van der Waals surface area contributed by atoms with Gasteiger partial charge in [0.1, 0.15) is 0 Å². The first-order valence-corrected chi connectivity index (χ1v) is 7.85. The molecule has 3 nitrogen and oxygen atoms in total. The van der Waals surface area contributed by atoms with Crippen molar-refractivity contribution in [3.63, 3.8) is 0 Å². The van der Waals surface area contributed by atoms with Gasteiger partial charge in [-0.15, -0.1) is 0 Å². The van der Waals surface area contributed by atoms with E-state index in [0.29, 0.717) is 11.5 Å². The number of nitrogens with zero attached hydrogens (tertiary/aromatic N) is 2. The van der Waals surface area contributed by atoms with Gasteiger partial charge in [0.15, 0.2) is 0 Å². The van der Waals surface area contributed by atoms with Crippen molar-refractivity contribution in [2.75, 3.05) is 6.54 Å². The van der Waals surface area contributed by atoms with Crippen LogP contribution >= 0.6 is 0 Å². The summed E-state index contributed by atoms with van der Waals surface area (Å²) in [7, 11) is 1.99. The molecule has 1 heterocycles. The van der Waals surface area contributed by atoms with Gasteiger partial charge in [-0.1, -0.05) is 33.1 Å². The molecule has 0 aromatic carbocycles. The molecule has 3 heteroatoms. The first-order valence-electron chi connectivity index (χ1n) is 7.85. The lowest BCUT2D eigenvalue weighted by atomic mass is 9.69. The van der Waals surface area contributed by atoms with Gasteiger partial charge in [-0.05, 0) is 43.2 Å². The number of nitrogens with one attached hydrogen (secondary N) is 1. The molecule has 108 valence electrons. The second-order valence-electron chi connectivity index (χ2n) is 6.39. The second kappa shape index (κ2) is 6.56. The van der Waals surface area contributed by atoms with Crippen molar-refractivity contribution < 1.29 is 0 Å². The van der Waals surface area contributed by atoms with E-state index in [4.69, 9.17) is 0 Å². The van der Waals surface area contributed by atoms with E-state index in [2.05, 4.69) is 30.5 Å². The highest BCUT2D eigenvalue weighted by Gasteiger charge is 2.34. The van der Waals surface area contributed by atoms with Crippen LogP contribution in [0.4, 0.5) is 0 Å². The minimum Gasteiger partial charge on any atom is -0.314 e. The number of aryl methyl sites for hydroxylation is 2. The summed E-state index contributed by atoms with van der Waals surface area (Å²) >= 11 is 0. The minimum atomic E-state index is 0.496. The van der Waals surface area contributed by atoms with E-state index >= 15 is 0 Å². The molecule has 0 amide bonds. The highest BCUT2D eigenvalue weighted by atomic mass is 15.2. The molecule has 1 unspecified atom stereocenters. The molecule has 1 aromatic heterocycles. The summed E-state index contributed by atoms with van der Waals surface area (Å²) in [5.74, 6) is 0. The number of aromatic nitrogens is 2. The molecule has 0 aliphatic heterocycles. The van der Waals surface area contributed by atoms with Gasteiger partial charge in [0.2, 0.25) is 0 Å². The van der Waals surface area contributed by atoms with Crippen molar-refractivity contribution in [2.24, 2.45) is 12.5 Å². The zero-order valence-electron chi connectivity index (χ0n) is 12.8. The fraction of sp³-hybridized carbons (Fsp3) is 0.812. The predicted octanol–water partition coefficient (Wildman–Crippen LogP) is 3.30. The molecular weight excluding hydrogens is 234 g/mol. The zero-order chi connectivity index (χ0) is 13.7. The van der Waals surface area contributed by atoms with Gasteiger partial charge in [-0.25, -0.2) is 0 Å². The van der Waals surface area contributed by atoms with Crippen molar-refractivity contribution in [3.05, 3.63) is 18.0 Å². The molecule has 2 rings (SSSR count). The maximum atomic E-state index is 4.27. The summed E-state index contributed by atoms with van der Waals surface area (Å²) in [6.07, 6.45) is 13.5. The molecule has 1 fully saturated rings. The van der Waals surface area contributed by atoms with E-state index in [9.17, 15) is 0 Å². The van der Waals surface area contributed by atoms with Crippen LogP contribution in [-0.2, 0) is 13.5 Å². The van der Waals surface area contributed by atoms with E-state index < -0.39 is 0 Å². The molecule has 1 aromatic rings. The maximum Gasteiger partial charge on any atom is 0.0521 e. The standard InChI is InChI=1S/C16H29N3/c1-4-17-15(16(2)10-6-5-7-11-16)9-8-14-12-18-19(3)13-14/h12-13,15,17H,4-11H2,1-3H3. The van der Waals surface area contributed by atoms with Crippen molar-refractivity contribution in [3.8, 4) is 0 Å². The molecule has 0 spiro atoms. The van der Waals surface area contributed by atoms with Gasteiger partial charge < -0.3 is 5.32 Å². The van der Waals surface area contributed by atoms with Gasteiger partial charge in [0, 0.05) is 19.3 Å². The highest BCUT2D eigenvalue weighted by Crippen LogP contribution is 2.40. The molecular formula is C16H29N3. The van der Waals surface area contributed by atoms with Crippen LogP contribution in [-0.4, -0.2) is 22.4 Å². The van der Waals surface area contributed by atoms with Gasteiger partial charge in [0.05, 0.1) is 6.20 Å². The SMILES string of the molecule is CCNC(CCc1cnn(C)c1)C1(C)CCCCC1. The fourth-order valence-corrected chi connectivity index (χ4v) is 3.56. The quantitative estimate of drug-likeness (QED) is 0.853. The van der Waals surface area contributed by atoms with E-state index in [1.54, 1.807) is 0 Å². The average molecular weight is 263 g/mol. The van der Waals surface area contributed by atoms with Gasteiger partial charge in [-0.3, -0.25) is 4.68 Å². The molecule has 0 radical (unpaired) electrons. The molecule has 19 heavy (non-hydrogen) atoms. The summed E-state index contributed by atoms with van der Waals surface area (Å²) < 4.78 is 1.90. The van der Waals surface area contributed by atoms with E-state index in [1.807, 2.05) is 17.9 Å². The van der Waals surface area contributed by atoms with E-state index in [1.165, 1.54) is 44.1 Å². The predicted molar refractivity (Wildman–Crippen MR) is 80.2 cm³/mol. The van der Waals surface area contributed by atoms with Crippen LogP contribution < -0.4 is 5.32 Å². The van der Waals surface area contributed by atoms with Crippen LogP contribution in [0.15, 0.2) is 12.4 Å². The lowest BCUT2D eigenvalue weighted by Crippen LogP contribution is -2.45. The molecule has 1 atom stereocenters. The van der Waals surface area contributed by atoms with Gasteiger partial charge >= 0.3 is 0 Å². The highest BCUT2D eigenvalue weighted by molar-refractivity contribution is 5.05. The Morgan fingerprint density at radius 1 is 1.37 bits per heavy atom. The van der Waals surface area contributed by atoms with Crippen LogP contribution in [0.1, 0.15) is 57.9 Å². The Labute approximate surface area is 117 Å². The Hall–Kier alpha value is -0.830. The molecule has 1 saturated carbocycles. The third-order valence-corrected chi connectivity index (χ3v) is 4.77. The molecule has 0 bridgehead atoms. The lowest BCUT2D eigenvalue weighted by molar-refractivity contribution is 0.139. The molecule has 1 aliphatic rings. The summed E-state index contributed by atoms with van der Waals surface area (Å²) in [4.78, 5) is 0. The normalized spacial score (nSPS) is 20.4. The maximum absolute atomic E-state index is 4.27. The van der Waals surface area contributed by atoms with Crippen LogP contribution in [0, 0.1) is 5.41 Å². The Balaban J connectivity index is 1.95. The second-order valence-corrected chi connectivity index (χ2v) is 6.39. The van der Waals surface area contributed by atoms with Crippen LogP contribution in [0.3, 0.4) is 0 Å². The minimum absolute atomic E-state index is 0.496. The van der Waals surface area contributed by atoms with Crippen LogP contribution in [0.5, 0.6) is 0 Å².